The fourth-order valence-corrected chi connectivity index (χ4v) is 4.15. The molecule has 1 aromatic rings. The van der Waals surface area contributed by atoms with Gasteiger partial charge < -0.3 is 5.32 Å². The van der Waals surface area contributed by atoms with Crippen LogP contribution < -0.4 is 5.32 Å². The van der Waals surface area contributed by atoms with E-state index in [-0.39, 0.29) is 17.0 Å². The Bertz CT molecular complexity index is 479. The largest absolute Gasteiger partial charge is 0.312 e. The predicted molar refractivity (Wildman–Crippen MR) is 69.9 cm³/mol. The van der Waals surface area contributed by atoms with Crippen LogP contribution in [-0.4, -0.2) is 32.0 Å². The normalized spacial score (nSPS) is 27.9. The van der Waals surface area contributed by atoms with Crippen molar-refractivity contribution < 1.29 is 8.42 Å². The molecule has 0 aromatic heterocycles. The van der Waals surface area contributed by atoms with E-state index in [1.165, 1.54) is 5.56 Å². The third-order valence-electron chi connectivity index (χ3n) is 3.43. The Labute approximate surface area is 103 Å². The Kier molecular flexibility index (Phi) is 3.54. The van der Waals surface area contributed by atoms with Gasteiger partial charge in [0.05, 0.1) is 11.0 Å². The smallest absolute Gasteiger partial charge is 0.156 e. The topological polar surface area (TPSA) is 46.2 Å². The summed E-state index contributed by atoms with van der Waals surface area (Å²) in [5.74, 6) is 0.258. The maximum atomic E-state index is 12.0. The maximum absolute atomic E-state index is 12.0. The van der Waals surface area contributed by atoms with Gasteiger partial charge in [0, 0.05) is 12.6 Å². The quantitative estimate of drug-likeness (QED) is 0.864. The van der Waals surface area contributed by atoms with Crippen LogP contribution in [0.15, 0.2) is 24.3 Å². The summed E-state index contributed by atoms with van der Waals surface area (Å²) in [6, 6.07) is 8.14. The van der Waals surface area contributed by atoms with Crippen LogP contribution in [0.2, 0.25) is 0 Å². The fourth-order valence-electron chi connectivity index (χ4n) is 2.28. The zero-order valence-corrected chi connectivity index (χ0v) is 11.1. The van der Waals surface area contributed by atoms with Gasteiger partial charge in [-0.2, -0.15) is 0 Å². The monoisotopic (exact) mass is 253 g/mol. The van der Waals surface area contributed by atoms with E-state index in [1.807, 2.05) is 38.1 Å². The Morgan fingerprint density at radius 2 is 1.94 bits per heavy atom. The average molecular weight is 253 g/mol. The van der Waals surface area contributed by atoms with E-state index >= 15 is 0 Å². The molecule has 2 rings (SSSR count). The molecule has 1 N–H and O–H groups in total. The summed E-state index contributed by atoms with van der Waals surface area (Å²) in [6.07, 6.45) is 0.608. The highest BCUT2D eigenvalue weighted by Crippen LogP contribution is 2.18. The van der Waals surface area contributed by atoms with E-state index in [4.69, 9.17) is 0 Å². The Morgan fingerprint density at radius 1 is 1.29 bits per heavy atom. The van der Waals surface area contributed by atoms with E-state index in [1.54, 1.807) is 0 Å². The number of hydrogen-bond acceptors (Lipinski definition) is 3. The van der Waals surface area contributed by atoms with Crippen LogP contribution in [-0.2, 0) is 16.3 Å². The number of hydrogen-bond donors (Lipinski definition) is 1. The van der Waals surface area contributed by atoms with Gasteiger partial charge >= 0.3 is 0 Å². The number of sulfone groups is 1. The van der Waals surface area contributed by atoms with Crippen LogP contribution in [0.1, 0.15) is 18.1 Å². The first-order chi connectivity index (χ1) is 7.99. The van der Waals surface area contributed by atoms with Crippen LogP contribution in [0.25, 0.3) is 0 Å². The summed E-state index contributed by atoms with van der Waals surface area (Å²) in [4.78, 5) is 0. The highest BCUT2D eigenvalue weighted by molar-refractivity contribution is 7.92. The maximum Gasteiger partial charge on any atom is 0.156 e. The molecular formula is C13H19NO2S. The zero-order valence-electron chi connectivity index (χ0n) is 10.3. The molecule has 0 saturated carbocycles. The van der Waals surface area contributed by atoms with Crippen molar-refractivity contribution in [3.63, 3.8) is 0 Å². The Hall–Kier alpha value is -0.870. The van der Waals surface area contributed by atoms with E-state index in [2.05, 4.69) is 5.32 Å². The van der Waals surface area contributed by atoms with Crippen LogP contribution in [0.4, 0.5) is 0 Å². The van der Waals surface area contributed by atoms with Crippen molar-refractivity contribution in [3.05, 3.63) is 35.4 Å². The molecule has 0 amide bonds. The standard InChI is InChI=1S/C13H19NO2S/c1-10-3-5-12(6-4-10)9-13-11(2)14-7-8-17(13,15)16/h3-6,11,13-14H,7-9H2,1-2H3. The summed E-state index contributed by atoms with van der Waals surface area (Å²) >= 11 is 0. The molecule has 4 heteroatoms. The van der Waals surface area contributed by atoms with Crippen molar-refractivity contribution >= 4 is 9.84 Å². The molecule has 17 heavy (non-hydrogen) atoms. The van der Waals surface area contributed by atoms with Gasteiger partial charge in [-0.05, 0) is 25.8 Å². The summed E-state index contributed by atoms with van der Waals surface area (Å²) in [6.45, 7) is 4.56. The third kappa shape index (κ3) is 2.87. The molecule has 1 fully saturated rings. The van der Waals surface area contributed by atoms with E-state index in [0.717, 1.165) is 5.56 Å². The van der Waals surface area contributed by atoms with Crippen LogP contribution >= 0.6 is 0 Å². The molecule has 94 valence electrons. The van der Waals surface area contributed by atoms with E-state index in [9.17, 15) is 8.42 Å². The average Bonchev–Trinajstić information content (AvgIpc) is 2.26. The lowest BCUT2D eigenvalue weighted by Crippen LogP contribution is -2.51. The summed E-state index contributed by atoms with van der Waals surface area (Å²) < 4.78 is 24.0. The third-order valence-corrected chi connectivity index (χ3v) is 5.70. The number of benzene rings is 1. The van der Waals surface area contributed by atoms with Crippen LogP contribution in [0.5, 0.6) is 0 Å². The van der Waals surface area contributed by atoms with Crippen molar-refractivity contribution in [2.45, 2.75) is 31.6 Å². The molecule has 0 radical (unpaired) electrons. The van der Waals surface area contributed by atoms with Gasteiger partial charge in [-0.3, -0.25) is 0 Å². The van der Waals surface area contributed by atoms with Crippen LogP contribution in [0, 0.1) is 6.92 Å². The molecular weight excluding hydrogens is 234 g/mol. The summed E-state index contributed by atoms with van der Waals surface area (Å²) in [5, 5.41) is 2.95. The van der Waals surface area contributed by atoms with Gasteiger partial charge in [-0.15, -0.1) is 0 Å². The minimum Gasteiger partial charge on any atom is -0.312 e. The van der Waals surface area contributed by atoms with Crippen molar-refractivity contribution in [3.8, 4) is 0 Å². The van der Waals surface area contributed by atoms with E-state index < -0.39 is 9.84 Å². The molecule has 1 aromatic carbocycles. The molecule has 1 saturated heterocycles. The molecule has 0 aliphatic carbocycles. The van der Waals surface area contributed by atoms with Crippen molar-refractivity contribution in [2.75, 3.05) is 12.3 Å². The van der Waals surface area contributed by atoms with Crippen molar-refractivity contribution in [2.24, 2.45) is 0 Å². The highest BCUT2D eigenvalue weighted by atomic mass is 32.2. The predicted octanol–water partition coefficient (Wildman–Crippen LogP) is 1.31. The fraction of sp³-hybridized carbons (Fsp3) is 0.538. The van der Waals surface area contributed by atoms with Crippen LogP contribution in [0.3, 0.4) is 0 Å². The van der Waals surface area contributed by atoms with Gasteiger partial charge in [0.2, 0.25) is 0 Å². The SMILES string of the molecule is Cc1ccc(CC2C(C)NCCS2(=O)=O)cc1. The highest BCUT2D eigenvalue weighted by Gasteiger charge is 2.34. The van der Waals surface area contributed by atoms with Gasteiger partial charge in [0.25, 0.3) is 0 Å². The second-order valence-corrected chi connectivity index (χ2v) is 7.18. The minimum atomic E-state index is -2.94. The lowest BCUT2D eigenvalue weighted by molar-refractivity contribution is 0.478. The summed E-state index contributed by atoms with van der Waals surface area (Å²) in [5.41, 5.74) is 2.30. The molecule has 1 aliphatic rings. The van der Waals surface area contributed by atoms with Gasteiger partial charge in [-0.1, -0.05) is 29.8 Å². The molecule has 0 bridgehead atoms. The Morgan fingerprint density at radius 3 is 2.53 bits per heavy atom. The molecule has 3 nitrogen and oxygen atoms in total. The van der Waals surface area contributed by atoms with E-state index in [0.29, 0.717) is 13.0 Å². The zero-order chi connectivity index (χ0) is 12.5. The Balaban J connectivity index is 2.18. The lowest BCUT2D eigenvalue weighted by Gasteiger charge is -2.30. The minimum absolute atomic E-state index is 0.0371. The summed E-state index contributed by atoms with van der Waals surface area (Å²) in [7, 11) is -2.94. The lowest BCUT2D eigenvalue weighted by atomic mass is 10.0. The second kappa shape index (κ2) is 4.78. The first-order valence-corrected chi connectivity index (χ1v) is 7.71. The molecule has 0 spiro atoms. The van der Waals surface area contributed by atoms with Crippen molar-refractivity contribution in [1.29, 1.82) is 0 Å². The molecule has 1 heterocycles. The van der Waals surface area contributed by atoms with Gasteiger partial charge in [0.15, 0.2) is 9.84 Å². The molecule has 2 unspecified atom stereocenters. The first-order valence-electron chi connectivity index (χ1n) is 5.99. The van der Waals surface area contributed by atoms with Gasteiger partial charge in [-0.25, -0.2) is 8.42 Å². The number of aryl methyl sites for hydroxylation is 1. The number of nitrogens with one attached hydrogen (secondary N) is 1. The van der Waals surface area contributed by atoms with Crippen molar-refractivity contribution in [1.82, 2.24) is 5.32 Å². The second-order valence-electron chi connectivity index (χ2n) is 4.84. The number of rotatable bonds is 2. The molecule has 1 aliphatic heterocycles. The first kappa shape index (κ1) is 12.6. The molecule has 2 atom stereocenters. The van der Waals surface area contributed by atoms with Gasteiger partial charge in [0.1, 0.15) is 0 Å².